The molecule has 2 aromatic heterocycles. The number of nitrogens with zero attached hydrogens (tertiary/aromatic N) is 4. The van der Waals surface area contributed by atoms with Crippen LogP contribution in [0.5, 0.6) is 0 Å². The number of hydrogen-bond donors (Lipinski definition) is 1. The van der Waals surface area contributed by atoms with E-state index >= 15 is 0 Å². The number of aromatic nitrogens is 2. The van der Waals surface area contributed by atoms with Crippen molar-refractivity contribution in [2.75, 3.05) is 38.4 Å². The summed E-state index contributed by atoms with van der Waals surface area (Å²) >= 11 is 2.63. The standard InChI is InChI=1S/C24H29N5O5S2/c1-28-13-15(12-25-28)11-17-22(31)29(9-6-10-33-2)24(26-17)35-14-19(30)27-21-20(23(32)34-3)16-7-4-5-8-18(16)36-21/h11-13H,4-10,14H2,1-3H3,(H,27,30)/b17-11+. The van der Waals surface area contributed by atoms with E-state index in [0.29, 0.717) is 41.0 Å². The molecule has 0 fully saturated rings. The van der Waals surface area contributed by atoms with Crippen LogP contribution in [-0.4, -0.2) is 70.8 Å². The van der Waals surface area contributed by atoms with E-state index in [0.717, 1.165) is 41.7 Å². The zero-order valence-electron chi connectivity index (χ0n) is 20.5. The molecule has 0 saturated heterocycles. The maximum absolute atomic E-state index is 13.0. The first-order valence-electron chi connectivity index (χ1n) is 11.7. The van der Waals surface area contributed by atoms with E-state index in [9.17, 15) is 14.4 Å². The number of nitrogens with one attached hydrogen (secondary N) is 1. The van der Waals surface area contributed by atoms with Gasteiger partial charge in [0.1, 0.15) is 10.7 Å². The van der Waals surface area contributed by atoms with Gasteiger partial charge < -0.3 is 14.8 Å². The Morgan fingerprint density at radius 2 is 2.08 bits per heavy atom. The van der Waals surface area contributed by atoms with Crippen molar-refractivity contribution in [3.63, 3.8) is 0 Å². The second kappa shape index (κ2) is 11.8. The van der Waals surface area contributed by atoms with E-state index in [-0.39, 0.29) is 17.6 Å². The predicted octanol–water partition coefficient (Wildman–Crippen LogP) is 3.09. The Bertz CT molecular complexity index is 1220. The largest absolute Gasteiger partial charge is 0.465 e. The summed E-state index contributed by atoms with van der Waals surface area (Å²) in [7, 11) is 4.76. The van der Waals surface area contributed by atoms with Crippen molar-refractivity contribution in [2.45, 2.75) is 32.1 Å². The number of aliphatic imine (C=N–C) groups is 1. The zero-order valence-corrected chi connectivity index (χ0v) is 22.2. The first kappa shape index (κ1) is 26.1. The molecule has 0 saturated carbocycles. The number of methoxy groups -OCH3 is 2. The van der Waals surface area contributed by atoms with Gasteiger partial charge in [-0.25, -0.2) is 9.79 Å². The van der Waals surface area contributed by atoms with Crippen molar-refractivity contribution in [1.29, 1.82) is 0 Å². The third kappa shape index (κ3) is 5.88. The van der Waals surface area contributed by atoms with Gasteiger partial charge in [0.05, 0.1) is 24.6 Å². The van der Waals surface area contributed by atoms with Gasteiger partial charge in [-0.15, -0.1) is 11.3 Å². The maximum Gasteiger partial charge on any atom is 0.341 e. The fourth-order valence-corrected chi connectivity index (χ4v) is 6.26. The van der Waals surface area contributed by atoms with Crippen LogP contribution >= 0.6 is 23.1 Å². The molecular weight excluding hydrogens is 502 g/mol. The number of esters is 1. The number of ether oxygens (including phenoxy) is 2. The number of fused-ring (bicyclic) bond motifs is 1. The third-order valence-electron chi connectivity index (χ3n) is 5.82. The highest BCUT2D eigenvalue weighted by molar-refractivity contribution is 8.14. The summed E-state index contributed by atoms with van der Waals surface area (Å²) in [6.45, 7) is 0.928. The van der Waals surface area contributed by atoms with Crippen LogP contribution in [0, 0.1) is 0 Å². The molecule has 2 aliphatic rings. The number of hydrogen-bond acceptors (Lipinski definition) is 9. The Labute approximate surface area is 217 Å². The van der Waals surface area contributed by atoms with Crippen LogP contribution in [0.3, 0.4) is 0 Å². The molecule has 0 spiro atoms. The van der Waals surface area contributed by atoms with Crippen molar-refractivity contribution >= 4 is 57.1 Å². The molecule has 1 aliphatic carbocycles. The van der Waals surface area contributed by atoms with Gasteiger partial charge in [-0.05, 0) is 43.7 Å². The minimum absolute atomic E-state index is 0.0379. The van der Waals surface area contributed by atoms with Gasteiger partial charge in [0, 0.05) is 43.9 Å². The molecule has 0 unspecified atom stereocenters. The van der Waals surface area contributed by atoms with Gasteiger partial charge in [-0.3, -0.25) is 19.2 Å². The molecular formula is C24H29N5O5S2. The molecule has 10 nitrogen and oxygen atoms in total. The molecule has 2 aromatic rings. The molecule has 36 heavy (non-hydrogen) atoms. The van der Waals surface area contributed by atoms with Gasteiger partial charge in [-0.2, -0.15) is 5.10 Å². The normalized spacial score (nSPS) is 16.3. The Balaban J connectivity index is 1.48. The number of thiophene rings is 1. The molecule has 0 atom stereocenters. The molecule has 1 N–H and O–H groups in total. The lowest BCUT2D eigenvalue weighted by molar-refractivity contribution is -0.122. The van der Waals surface area contributed by atoms with Crippen LogP contribution in [0.4, 0.5) is 5.00 Å². The lowest BCUT2D eigenvalue weighted by Crippen LogP contribution is -2.32. The summed E-state index contributed by atoms with van der Waals surface area (Å²) in [5, 5.41) is 8.00. The Hall–Kier alpha value is -2.96. The Morgan fingerprint density at radius 3 is 2.81 bits per heavy atom. The Kier molecular flexibility index (Phi) is 8.60. The van der Waals surface area contributed by atoms with Crippen LogP contribution in [0.1, 0.15) is 45.6 Å². The van der Waals surface area contributed by atoms with E-state index in [1.54, 1.807) is 42.2 Å². The molecule has 12 heteroatoms. The van der Waals surface area contributed by atoms with E-state index in [2.05, 4.69) is 15.4 Å². The van der Waals surface area contributed by atoms with Gasteiger partial charge in [0.15, 0.2) is 5.17 Å². The van der Waals surface area contributed by atoms with Crippen molar-refractivity contribution in [1.82, 2.24) is 14.7 Å². The molecule has 0 bridgehead atoms. The fourth-order valence-electron chi connectivity index (χ4n) is 4.14. The first-order valence-corrected chi connectivity index (χ1v) is 13.5. The highest BCUT2D eigenvalue weighted by Gasteiger charge is 2.31. The van der Waals surface area contributed by atoms with E-state index in [4.69, 9.17) is 9.47 Å². The molecule has 192 valence electrons. The zero-order chi connectivity index (χ0) is 25.7. The number of amides is 2. The van der Waals surface area contributed by atoms with Crippen LogP contribution in [0.2, 0.25) is 0 Å². The minimum atomic E-state index is -0.433. The predicted molar refractivity (Wildman–Crippen MR) is 140 cm³/mol. The summed E-state index contributed by atoms with van der Waals surface area (Å²) < 4.78 is 11.8. The van der Waals surface area contributed by atoms with Gasteiger partial charge in [-0.1, -0.05) is 11.8 Å². The van der Waals surface area contributed by atoms with Crippen LogP contribution in [0.25, 0.3) is 6.08 Å². The SMILES string of the molecule is COCCCN1C(=O)/C(=C\c2cnn(C)c2)N=C1SCC(=O)Nc1sc2c(c1C(=O)OC)CCCC2. The van der Waals surface area contributed by atoms with E-state index in [1.807, 2.05) is 0 Å². The average molecular weight is 532 g/mol. The topological polar surface area (TPSA) is 115 Å². The second-order valence-electron chi connectivity index (χ2n) is 8.42. The lowest BCUT2D eigenvalue weighted by Gasteiger charge is -2.17. The molecule has 2 amide bonds. The van der Waals surface area contributed by atoms with Crippen molar-refractivity contribution in [3.05, 3.63) is 39.7 Å². The maximum atomic E-state index is 13.0. The van der Waals surface area contributed by atoms with Gasteiger partial charge >= 0.3 is 5.97 Å². The summed E-state index contributed by atoms with van der Waals surface area (Å²) in [6.07, 6.45) is 9.56. The molecule has 3 heterocycles. The number of carbonyl (C=O) groups excluding carboxylic acids is 3. The molecule has 4 rings (SSSR count). The van der Waals surface area contributed by atoms with Gasteiger partial charge in [0.2, 0.25) is 5.91 Å². The number of aryl methyl sites for hydroxylation is 2. The molecule has 1 aliphatic heterocycles. The number of anilines is 1. The Morgan fingerprint density at radius 1 is 1.28 bits per heavy atom. The summed E-state index contributed by atoms with van der Waals surface area (Å²) in [5.41, 5.74) is 2.51. The smallest absolute Gasteiger partial charge is 0.341 e. The average Bonchev–Trinajstić information content (AvgIpc) is 3.53. The van der Waals surface area contributed by atoms with Crippen molar-refractivity contribution < 1.29 is 23.9 Å². The number of carbonyl (C=O) groups is 3. The van der Waals surface area contributed by atoms with Gasteiger partial charge in [0.25, 0.3) is 5.91 Å². The summed E-state index contributed by atoms with van der Waals surface area (Å²) in [6, 6.07) is 0. The third-order valence-corrected chi connectivity index (χ3v) is 8.00. The van der Waals surface area contributed by atoms with Crippen molar-refractivity contribution in [2.24, 2.45) is 12.0 Å². The first-order chi connectivity index (χ1) is 17.4. The van der Waals surface area contributed by atoms with E-state index < -0.39 is 5.97 Å². The lowest BCUT2D eigenvalue weighted by atomic mass is 9.95. The fraction of sp³-hybridized carbons (Fsp3) is 0.458. The van der Waals surface area contributed by atoms with Crippen LogP contribution < -0.4 is 5.32 Å². The number of amidine groups is 1. The van der Waals surface area contributed by atoms with Crippen molar-refractivity contribution in [3.8, 4) is 0 Å². The van der Waals surface area contributed by atoms with E-state index in [1.165, 1.54) is 30.2 Å². The molecule has 0 radical (unpaired) electrons. The summed E-state index contributed by atoms with van der Waals surface area (Å²) in [4.78, 5) is 45.6. The summed E-state index contributed by atoms with van der Waals surface area (Å²) in [5.74, 6) is -0.897. The number of thioether (sulfide) groups is 1. The monoisotopic (exact) mass is 531 g/mol. The van der Waals surface area contributed by atoms with Crippen LogP contribution in [0.15, 0.2) is 23.1 Å². The second-order valence-corrected chi connectivity index (χ2v) is 10.5. The molecule has 0 aromatic carbocycles. The quantitative estimate of drug-likeness (QED) is 0.300. The van der Waals surface area contributed by atoms with Crippen LogP contribution in [-0.2, 0) is 39.0 Å². The number of rotatable bonds is 9. The highest BCUT2D eigenvalue weighted by atomic mass is 32.2. The highest BCUT2D eigenvalue weighted by Crippen LogP contribution is 2.38. The minimum Gasteiger partial charge on any atom is -0.465 e.